The van der Waals surface area contributed by atoms with Crippen LogP contribution < -0.4 is 0 Å². The Morgan fingerprint density at radius 1 is 1.58 bits per heavy atom. The molecule has 0 heterocycles. The zero-order chi connectivity index (χ0) is 9.19. The molecule has 1 nitrogen and oxygen atoms in total. The van der Waals surface area contributed by atoms with E-state index in [1.54, 1.807) is 0 Å². The normalized spacial score (nSPS) is 25.3. The molecule has 0 spiro atoms. The first kappa shape index (κ1) is 9.79. The second-order valence-corrected chi connectivity index (χ2v) is 4.40. The van der Waals surface area contributed by atoms with Gasteiger partial charge in [-0.2, -0.15) is 0 Å². The van der Waals surface area contributed by atoms with E-state index in [1.165, 1.54) is 12.0 Å². The van der Waals surface area contributed by atoms with Crippen LogP contribution in [-0.4, -0.2) is 11.2 Å². The number of aliphatic hydroxyl groups excluding tert-OH is 1. The maximum Gasteiger partial charge on any atom is 0.0577 e. The van der Waals surface area contributed by atoms with Gasteiger partial charge >= 0.3 is 0 Å². The van der Waals surface area contributed by atoms with Gasteiger partial charge in [0.25, 0.3) is 0 Å². The Bertz CT molecular complexity index is 179. The predicted molar refractivity (Wildman–Crippen MR) is 52.0 cm³/mol. The number of rotatable bonds is 2. The Morgan fingerprint density at radius 3 is 2.67 bits per heavy atom. The van der Waals surface area contributed by atoms with Crippen LogP contribution in [0.15, 0.2) is 11.6 Å². The van der Waals surface area contributed by atoms with Gasteiger partial charge in [-0.25, -0.2) is 0 Å². The SMILES string of the molecule is CCC(C)(C)C1=CCC(O)CC1. The van der Waals surface area contributed by atoms with Crippen LogP contribution in [0.2, 0.25) is 0 Å². The van der Waals surface area contributed by atoms with Crippen molar-refractivity contribution in [1.29, 1.82) is 0 Å². The number of allylic oxidation sites excluding steroid dienone is 1. The molecule has 0 radical (unpaired) electrons. The average Bonchev–Trinajstić information content (AvgIpc) is 2.05. The molecule has 1 unspecified atom stereocenters. The zero-order valence-electron chi connectivity index (χ0n) is 8.43. The van der Waals surface area contributed by atoms with Gasteiger partial charge in [0, 0.05) is 0 Å². The van der Waals surface area contributed by atoms with Gasteiger partial charge in [0.2, 0.25) is 0 Å². The topological polar surface area (TPSA) is 20.2 Å². The highest BCUT2D eigenvalue weighted by Gasteiger charge is 2.23. The quantitative estimate of drug-likeness (QED) is 0.629. The molecular formula is C11H20O. The van der Waals surface area contributed by atoms with Crippen LogP contribution in [0.1, 0.15) is 46.5 Å². The molecule has 0 aromatic heterocycles. The van der Waals surface area contributed by atoms with Crippen LogP contribution >= 0.6 is 0 Å². The minimum Gasteiger partial charge on any atom is -0.393 e. The fourth-order valence-corrected chi connectivity index (χ4v) is 1.66. The summed E-state index contributed by atoms with van der Waals surface area (Å²) in [5, 5.41) is 9.32. The highest BCUT2D eigenvalue weighted by Crippen LogP contribution is 2.36. The standard InChI is InChI=1S/C11H20O/c1-4-11(2,3)9-5-7-10(12)8-6-9/h5,10,12H,4,6-8H2,1-3H3. The summed E-state index contributed by atoms with van der Waals surface area (Å²) in [6, 6.07) is 0. The largest absolute Gasteiger partial charge is 0.393 e. The van der Waals surface area contributed by atoms with E-state index in [0.29, 0.717) is 5.41 Å². The van der Waals surface area contributed by atoms with E-state index < -0.39 is 0 Å². The third-order valence-corrected chi connectivity index (χ3v) is 3.14. The van der Waals surface area contributed by atoms with E-state index >= 15 is 0 Å². The van der Waals surface area contributed by atoms with Crippen molar-refractivity contribution in [1.82, 2.24) is 0 Å². The summed E-state index contributed by atoms with van der Waals surface area (Å²) in [5.41, 5.74) is 1.88. The van der Waals surface area contributed by atoms with E-state index in [2.05, 4.69) is 26.8 Å². The average molecular weight is 168 g/mol. The summed E-state index contributed by atoms with van der Waals surface area (Å²) >= 11 is 0. The predicted octanol–water partition coefficient (Wildman–Crippen LogP) is 2.89. The summed E-state index contributed by atoms with van der Waals surface area (Å²) in [6.07, 6.45) is 6.24. The van der Waals surface area contributed by atoms with Crippen molar-refractivity contribution in [3.8, 4) is 0 Å². The van der Waals surface area contributed by atoms with Crippen LogP contribution in [0.3, 0.4) is 0 Å². The fourth-order valence-electron chi connectivity index (χ4n) is 1.66. The molecule has 70 valence electrons. The van der Waals surface area contributed by atoms with Crippen LogP contribution in [-0.2, 0) is 0 Å². The van der Waals surface area contributed by atoms with E-state index in [9.17, 15) is 5.11 Å². The lowest BCUT2D eigenvalue weighted by Gasteiger charge is -2.30. The first-order valence-corrected chi connectivity index (χ1v) is 4.94. The van der Waals surface area contributed by atoms with Gasteiger partial charge < -0.3 is 5.11 Å². The first-order valence-electron chi connectivity index (χ1n) is 4.94. The number of hydrogen-bond acceptors (Lipinski definition) is 1. The Hall–Kier alpha value is -0.300. The van der Waals surface area contributed by atoms with Crippen LogP contribution in [0.5, 0.6) is 0 Å². The third-order valence-electron chi connectivity index (χ3n) is 3.14. The summed E-state index contributed by atoms with van der Waals surface area (Å²) < 4.78 is 0. The Balaban J connectivity index is 2.64. The molecule has 1 N–H and O–H groups in total. The third kappa shape index (κ3) is 2.10. The summed E-state index contributed by atoms with van der Waals surface area (Å²) in [4.78, 5) is 0. The minimum atomic E-state index is -0.0820. The highest BCUT2D eigenvalue weighted by atomic mass is 16.3. The van der Waals surface area contributed by atoms with Gasteiger partial charge in [-0.1, -0.05) is 32.4 Å². The first-order chi connectivity index (χ1) is 5.56. The fraction of sp³-hybridized carbons (Fsp3) is 0.818. The van der Waals surface area contributed by atoms with Crippen molar-refractivity contribution in [3.63, 3.8) is 0 Å². The van der Waals surface area contributed by atoms with Crippen molar-refractivity contribution in [2.45, 2.75) is 52.6 Å². The Labute approximate surface area is 75.5 Å². The van der Waals surface area contributed by atoms with Crippen molar-refractivity contribution in [3.05, 3.63) is 11.6 Å². The van der Waals surface area contributed by atoms with Crippen LogP contribution in [0, 0.1) is 5.41 Å². The van der Waals surface area contributed by atoms with Gasteiger partial charge in [-0.3, -0.25) is 0 Å². The number of aliphatic hydroxyl groups is 1. The van der Waals surface area contributed by atoms with Crippen LogP contribution in [0.4, 0.5) is 0 Å². The molecule has 1 atom stereocenters. The monoisotopic (exact) mass is 168 g/mol. The molecule has 1 aliphatic rings. The molecular weight excluding hydrogens is 148 g/mol. The summed E-state index contributed by atoms with van der Waals surface area (Å²) in [7, 11) is 0. The van der Waals surface area contributed by atoms with Gasteiger partial charge in [-0.15, -0.1) is 0 Å². The van der Waals surface area contributed by atoms with Crippen molar-refractivity contribution in [2.75, 3.05) is 0 Å². The lowest BCUT2D eigenvalue weighted by atomic mass is 9.76. The molecule has 0 aromatic carbocycles. The summed E-state index contributed by atoms with van der Waals surface area (Å²) in [5.74, 6) is 0. The Kier molecular flexibility index (Phi) is 2.94. The molecule has 0 saturated heterocycles. The number of hydrogen-bond donors (Lipinski definition) is 1. The van der Waals surface area contributed by atoms with Crippen LogP contribution in [0.25, 0.3) is 0 Å². The molecule has 0 bridgehead atoms. The molecule has 0 amide bonds. The highest BCUT2D eigenvalue weighted by molar-refractivity contribution is 5.14. The zero-order valence-corrected chi connectivity index (χ0v) is 8.43. The van der Waals surface area contributed by atoms with Gasteiger partial charge in [0.1, 0.15) is 0 Å². The lowest BCUT2D eigenvalue weighted by molar-refractivity contribution is 0.157. The maximum absolute atomic E-state index is 9.32. The molecule has 0 aliphatic heterocycles. The van der Waals surface area contributed by atoms with Gasteiger partial charge in [0.15, 0.2) is 0 Å². The lowest BCUT2D eigenvalue weighted by Crippen LogP contribution is -2.19. The second-order valence-electron chi connectivity index (χ2n) is 4.40. The molecule has 1 aliphatic carbocycles. The molecule has 1 rings (SSSR count). The molecule has 0 saturated carbocycles. The smallest absolute Gasteiger partial charge is 0.0577 e. The van der Waals surface area contributed by atoms with E-state index in [1.807, 2.05) is 0 Å². The minimum absolute atomic E-state index is 0.0820. The maximum atomic E-state index is 9.32. The van der Waals surface area contributed by atoms with E-state index in [0.717, 1.165) is 19.3 Å². The van der Waals surface area contributed by atoms with Crippen molar-refractivity contribution >= 4 is 0 Å². The molecule has 0 aromatic rings. The molecule has 1 heteroatoms. The van der Waals surface area contributed by atoms with Gasteiger partial charge in [0.05, 0.1) is 6.10 Å². The summed E-state index contributed by atoms with van der Waals surface area (Å²) in [6.45, 7) is 6.80. The molecule has 12 heavy (non-hydrogen) atoms. The molecule has 0 fully saturated rings. The van der Waals surface area contributed by atoms with E-state index in [4.69, 9.17) is 0 Å². The van der Waals surface area contributed by atoms with Crippen molar-refractivity contribution in [2.24, 2.45) is 5.41 Å². The van der Waals surface area contributed by atoms with Crippen molar-refractivity contribution < 1.29 is 5.11 Å². The van der Waals surface area contributed by atoms with Gasteiger partial charge in [-0.05, 0) is 31.1 Å². The van der Waals surface area contributed by atoms with E-state index in [-0.39, 0.29) is 6.10 Å². The Morgan fingerprint density at radius 2 is 2.25 bits per heavy atom. The second kappa shape index (κ2) is 3.61.